The number of aromatic nitrogens is 3. The number of rotatable bonds is 13. The molecule has 16 nitrogen and oxygen atoms in total. The van der Waals surface area contributed by atoms with Gasteiger partial charge >= 0.3 is 18.2 Å². The number of ketones is 1. The number of carbonyl (C=O) groups is 5. The standard InChI is InChI=1S/C41H47FN8O8/c1-5-48-21-30(39(53)54)35(51)29-19-31(42)33(20-32(29)48)49-15-17-50(18-16-49)41(56)58-23-27-11-13-28(14-12-27)43-38(52)25(4)36-45-37(47-46-36)34(24(2)3)44-40(55)57-22-26-9-7-6-8-10-26/h6-14,19-20,24-25,30,34H,5,15-18,21-23H2,1-4H3,(H,43,52)(H,44,55)(H,53,54)(H,45,46,47). The maximum atomic E-state index is 15.3. The maximum Gasteiger partial charge on any atom is 0.410 e. The van der Waals surface area contributed by atoms with Gasteiger partial charge < -0.3 is 39.9 Å². The Bertz CT molecular complexity index is 2120. The fourth-order valence-electron chi connectivity index (χ4n) is 6.81. The highest BCUT2D eigenvalue weighted by atomic mass is 19.1. The number of benzene rings is 3. The number of nitrogens with one attached hydrogen (secondary N) is 3. The number of Topliss-reactive ketones (excluding diaryl/α,β-unsaturated/α-hetero) is 1. The van der Waals surface area contributed by atoms with E-state index >= 15 is 4.39 Å². The number of anilines is 3. The van der Waals surface area contributed by atoms with Crippen molar-refractivity contribution >= 4 is 46.9 Å². The normalized spacial score (nSPS) is 16.3. The van der Waals surface area contributed by atoms with Gasteiger partial charge in [-0.25, -0.2) is 19.0 Å². The minimum atomic E-state index is -1.25. The highest BCUT2D eigenvalue weighted by Crippen LogP contribution is 2.36. The van der Waals surface area contributed by atoms with Crippen LogP contribution in [0.5, 0.6) is 0 Å². The third kappa shape index (κ3) is 9.53. The molecule has 1 saturated heterocycles. The molecule has 17 heteroatoms. The summed E-state index contributed by atoms with van der Waals surface area (Å²) in [4.78, 5) is 72.6. The Morgan fingerprint density at radius 2 is 1.60 bits per heavy atom. The number of ether oxygens (including phenoxy) is 2. The first kappa shape index (κ1) is 41.1. The number of hydrogen-bond acceptors (Lipinski definition) is 11. The van der Waals surface area contributed by atoms with Crippen molar-refractivity contribution in [2.24, 2.45) is 11.8 Å². The quantitative estimate of drug-likeness (QED) is 0.124. The molecule has 306 valence electrons. The molecule has 0 aliphatic carbocycles. The summed E-state index contributed by atoms with van der Waals surface area (Å²) in [5.41, 5.74) is 2.91. The summed E-state index contributed by atoms with van der Waals surface area (Å²) >= 11 is 0. The average molecular weight is 799 g/mol. The van der Waals surface area contributed by atoms with Crippen molar-refractivity contribution in [1.82, 2.24) is 25.4 Å². The molecule has 0 bridgehead atoms. The lowest BCUT2D eigenvalue weighted by Gasteiger charge is -2.37. The molecule has 3 atom stereocenters. The van der Waals surface area contributed by atoms with Gasteiger partial charge in [-0.3, -0.25) is 19.5 Å². The molecule has 3 heterocycles. The van der Waals surface area contributed by atoms with E-state index in [1.54, 1.807) is 47.1 Å². The number of nitrogens with zero attached hydrogens (tertiary/aromatic N) is 5. The van der Waals surface area contributed by atoms with Crippen LogP contribution in [0, 0.1) is 17.7 Å². The molecule has 2 aliphatic rings. The molecular formula is C41H47FN8O8. The number of fused-ring (bicyclic) bond motifs is 1. The van der Waals surface area contributed by atoms with Crippen LogP contribution in [0.15, 0.2) is 66.7 Å². The van der Waals surface area contributed by atoms with E-state index in [2.05, 4.69) is 25.8 Å². The van der Waals surface area contributed by atoms with Gasteiger partial charge in [0.25, 0.3) is 0 Å². The lowest BCUT2D eigenvalue weighted by atomic mass is 9.90. The number of piperazine rings is 1. The van der Waals surface area contributed by atoms with Crippen LogP contribution >= 0.6 is 0 Å². The van der Waals surface area contributed by atoms with Crippen molar-refractivity contribution in [1.29, 1.82) is 0 Å². The summed E-state index contributed by atoms with van der Waals surface area (Å²) in [6.45, 7) is 9.13. The van der Waals surface area contributed by atoms with E-state index in [0.29, 0.717) is 42.4 Å². The second-order valence-electron chi connectivity index (χ2n) is 14.6. The van der Waals surface area contributed by atoms with Crippen molar-refractivity contribution in [2.45, 2.75) is 52.9 Å². The minimum absolute atomic E-state index is 0.00777. The van der Waals surface area contributed by atoms with Crippen molar-refractivity contribution < 1.29 is 42.9 Å². The highest BCUT2D eigenvalue weighted by molar-refractivity contribution is 6.13. The molecule has 0 spiro atoms. The Labute approximate surface area is 334 Å². The second kappa shape index (κ2) is 18.2. The van der Waals surface area contributed by atoms with Crippen molar-refractivity contribution in [3.8, 4) is 0 Å². The number of amides is 3. The fraction of sp³-hybridized carbons (Fsp3) is 0.390. The Hall–Kier alpha value is -6.52. The Kier molecular flexibility index (Phi) is 12.9. The molecule has 4 aromatic rings. The third-order valence-electron chi connectivity index (χ3n) is 10.3. The number of carboxylic acid groups (broad SMARTS) is 1. The smallest absolute Gasteiger partial charge is 0.410 e. The van der Waals surface area contributed by atoms with E-state index in [4.69, 9.17) is 9.47 Å². The van der Waals surface area contributed by atoms with Crippen LogP contribution in [0.25, 0.3) is 0 Å². The molecule has 3 unspecified atom stereocenters. The van der Waals surface area contributed by atoms with Gasteiger partial charge in [0, 0.05) is 56.2 Å². The summed E-state index contributed by atoms with van der Waals surface area (Å²) in [6.07, 6.45) is -1.13. The van der Waals surface area contributed by atoms with Crippen LogP contribution in [0.3, 0.4) is 0 Å². The minimum Gasteiger partial charge on any atom is -0.481 e. The van der Waals surface area contributed by atoms with Crippen molar-refractivity contribution in [3.05, 3.63) is 101 Å². The summed E-state index contributed by atoms with van der Waals surface area (Å²) in [5.74, 6) is -4.21. The van der Waals surface area contributed by atoms with E-state index in [1.807, 2.05) is 51.1 Å². The zero-order chi connectivity index (χ0) is 41.5. The highest BCUT2D eigenvalue weighted by Gasteiger charge is 2.38. The maximum absolute atomic E-state index is 15.3. The molecule has 3 aromatic carbocycles. The van der Waals surface area contributed by atoms with Crippen molar-refractivity contribution in [2.75, 3.05) is 54.4 Å². The summed E-state index contributed by atoms with van der Waals surface area (Å²) in [5, 5.41) is 22.3. The Morgan fingerprint density at radius 3 is 2.26 bits per heavy atom. The van der Waals surface area contributed by atoms with Crippen LogP contribution in [0.2, 0.25) is 0 Å². The van der Waals surface area contributed by atoms with E-state index in [0.717, 1.165) is 11.6 Å². The van der Waals surface area contributed by atoms with Gasteiger partial charge in [-0.2, -0.15) is 5.10 Å². The van der Waals surface area contributed by atoms with Crippen LogP contribution in [0.4, 0.5) is 31.0 Å². The molecule has 0 radical (unpaired) electrons. The zero-order valence-corrected chi connectivity index (χ0v) is 32.7. The molecular weight excluding hydrogens is 751 g/mol. The summed E-state index contributed by atoms with van der Waals surface area (Å²) < 4.78 is 26.2. The zero-order valence-electron chi connectivity index (χ0n) is 32.7. The van der Waals surface area contributed by atoms with E-state index in [-0.39, 0.29) is 61.7 Å². The molecule has 3 amide bonds. The van der Waals surface area contributed by atoms with Gasteiger partial charge in [0.2, 0.25) is 5.91 Å². The Balaban J connectivity index is 0.962. The molecule has 6 rings (SSSR count). The first-order chi connectivity index (χ1) is 27.8. The number of halogens is 1. The van der Waals surface area contributed by atoms with Crippen LogP contribution in [-0.4, -0.2) is 94.3 Å². The number of carboxylic acids is 1. The number of alkyl carbamates (subject to hydrolysis) is 1. The molecule has 4 N–H and O–H groups in total. The SMILES string of the molecule is CCN1CC(C(=O)O)C(=O)c2cc(F)c(N3CCN(C(=O)OCc4ccc(NC(=O)C(C)c5n[nH]c(C(NC(=O)OCc6ccccc6)C(C)C)n5)cc4)CC3)cc21. The van der Waals surface area contributed by atoms with Crippen LogP contribution < -0.4 is 20.4 Å². The van der Waals surface area contributed by atoms with Gasteiger partial charge in [-0.1, -0.05) is 56.3 Å². The molecule has 1 fully saturated rings. The fourth-order valence-corrected chi connectivity index (χ4v) is 6.81. The van der Waals surface area contributed by atoms with E-state index < -0.39 is 47.6 Å². The topological polar surface area (TPSA) is 199 Å². The molecule has 58 heavy (non-hydrogen) atoms. The number of aromatic amines is 1. The molecule has 0 saturated carbocycles. The number of hydrogen-bond donors (Lipinski definition) is 4. The summed E-state index contributed by atoms with van der Waals surface area (Å²) in [6, 6.07) is 18.3. The average Bonchev–Trinajstić information content (AvgIpc) is 3.71. The molecule has 1 aromatic heterocycles. The van der Waals surface area contributed by atoms with E-state index in [9.17, 15) is 29.1 Å². The van der Waals surface area contributed by atoms with E-state index in [1.165, 1.54) is 4.90 Å². The lowest BCUT2D eigenvalue weighted by molar-refractivity contribution is -0.139. The number of aliphatic carboxylic acids is 1. The van der Waals surface area contributed by atoms with Crippen LogP contribution in [0.1, 0.15) is 72.8 Å². The second-order valence-corrected chi connectivity index (χ2v) is 14.6. The first-order valence-corrected chi connectivity index (χ1v) is 19.1. The Morgan fingerprint density at radius 1 is 0.931 bits per heavy atom. The predicted octanol–water partition coefficient (Wildman–Crippen LogP) is 5.49. The summed E-state index contributed by atoms with van der Waals surface area (Å²) in [7, 11) is 0. The van der Waals surface area contributed by atoms with Crippen molar-refractivity contribution in [3.63, 3.8) is 0 Å². The van der Waals surface area contributed by atoms with Crippen LogP contribution in [-0.2, 0) is 32.3 Å². The lowest BCUT2D eigenvalue weighted by Crippen LogP contribution is -2.49. The van der Waals surface area contributed by atoms with Gasteiger partial charge in [-0.05, 0) is 55.2 Å². The number of carbonyl (C=O) groups excluding carboxylic acids is 4. The van der Waals surface area contributed by atoms with Gasteiger partial charge in [0.15, 0.2) is 11.6 Å². The predicted molar refractivity (Wildman–Crippen MR) is 211 cm³/mol. The third-order valence-corrected chi connectivity index (χ3v) is 10.3. The van der Waals surface area contributed by atoms with Gasteiger partial charge in [-0.15, -0.1) is 0 Å². The number of H-pyrrole nitrogens is 1. The molecule has 2 aliphatic heterocycles. The van der Waals surface area contributed by atoms with Gasteiger partial charge in [0.05, 0.1) is 17.6 Å². The first-order valence-electron chi connectivity index (χ1n) is 19.1. The van der Waals surface area contributed by atoms with Gasteiger partial charge in [0.1, 0.15) is 30.8 Å². The largest absolute Gasteiger partial charge is 0.481 e. The monoisotopic (exact) mass is 798 g/mol.